The molecule has 0 aliphatic rings. The third-order valence-electron chi connectivity index (χ3n) is 12.3. The van der Waals surface area contributed by atoms with Gasteiger partial charge in [-0.2, -0.15) is 0 Å². The summed E-state index contributed by atoms with van der Waals surface area (Å²) in [6.45, 7) is 2.23. The number of aromatic nitrogens is 2. The van der Waals surface area contributed by atoms with Gasteiger partial charge in [0, 0.05) is 18.0 Å². The number of aryl methyl sites for hydroxylation is 1. The number of benzene rings is 10. The third kappa shape index (κ3) is 4.95. The van der Waals surface area contributed by atoms with Crippen LogP contribution < -0.4 is 0 Å². The van der Waals surface area contributed by atoms with Crippen LogP contribution in [0.15, 0.2) is 200 Å². The second-order valence-electron chi connectivity index (χ2n) is 15.6. The lowest BCUT2D eigenvalue weighted by atomic mass is 9.87. The van der Waals surface area contributed by atoms with E-state index in [0.717, 1.165) is 11.3 Å². The number of pyridine rings is 1. The summed E-state index contributed by atoms with van der Waals surface area (Å²) in [5.74, 6) is 0. The van der Waals surface area contributed by atoms with E-state index < -0.39 is 0 Å². The van der Waals surface area contributed by atoms with E-state index >= 15 is 0 Å². The number of hydrogen-bond acceptors (Lipinski definition) is 1. The van der Waals surface area contributed by atoms with Crippen molar-refractivity contribution in [2.24, 2.45) is 0 Å². The summed E-state index contributed by atoms with van der Waals surface area (Å²) >= 11 is 0. The molecule has 10 aromatic carbocycles. The molecular formula is C56H36N2. The molecule has 0 N–H and O–H groups in total. The van der Waals surface area contributed by atoms with Crippen LogP contribution in [0, 0.1) is 6.92 Å². The highest BCUT2D eigenvalue weighted by Gasteiger charge is 2.19. The Morgan fingerprint density at radius 2 is 0.931 bits per heavy atom. The van der Waals surface area contributed by atoms with Gasteiger partial charge in [-0.1, -0.05) is 170 Å². The second kappa shape index (κ2) is 12.7. The maximum atomic E-state index is 5.08. The Morgan fingerprint density at radius 3 is 1.62 bits per heavy atom. The first-order valence-electron chi connectivity index (χ1n) is 20.0. The van der Waals surface area contributed by atoms with Gasteiger partial charge >= 0.3 is 0 Å². The summed E-state index contributed by atoms with van der Waals surface area (Å²) in [7, 11) is 0. The Hall–Kier alpha value is -7.55. The van der Waals surface area contributed by atoms with Gasteiger partial charge in [0.2, 0.25) is 0 Å². The van der Waals surface area contributed by atoms with E-state index in [0.29, 0.717) is 0 Å². The average Bonchev–Trinajstić information content (AvgIpc) is 3.71. The molecule has 0 aliphatic heterocycles. The van der Waals surface area contributed by atoms with Crippen molar-refractivity contribution in [2.45, 2.75) is 6.92 Å². The van der Waals surface area contributed by atoms with Crippen LogP contribution in [0.5, 0.6) is 0 Å². The Balaban J connectivity index is 0.987. The van der Waals surface area contributed by atoms with Crippen molar-refractivity contribution in [1.82, 2.24) is 9.38 Å². The Morgan fingerprint density at radius 1 is 0.379 bits per heavy atom. The molecule has 2 heterocycles. The summed E-state index contributed by atoms with van der Waals surface area (Å²) in [6.07, 6.45) is 4.22. The molecule has 2 nitrogen and oxygen atoms in total. The molecule has 0 unspecified atom stereocenters. The van der Waals surface area contributed by atoms with E-state index in [9.17, 15) is 0 Å². The first-order chi connectivity index (χ1) is 28.7. The van der Waals surface area contributed by atoms with Crippen LogP contribution in [0.1, 0.15) is 5.56 Å². The fourth-order valence-electron chi connectivity index (χ4n) is 9.68. The predicted octanol–water partition coefficient (Wildman–Crippen LogP) is 15.2. The zero-order chi connectivity index (χ0) is 38.3. The minimum atomic E-state index is 0.946. The molecule has 0 saturated carbocycles. The van der Waals surface area contributed by atoms with Gasteiger partial charge in [-0.25, -0.2) is 4.98 Å². The van der Waals surface area contributed by atoms with E-state index in [1.165, 1.54) is 109 Å². The molecule has 0 aliphatic carbocycles. The van der Waals surface area contributed by atoms with Crippen molar-refractivity contribution >= 4 is 70.3 Å². The largest absolute Gasteiger partial charge is 0.306 e. The van der Waals surface area contributed by atoms with Crippen LogP contribution in [-0.2, 0) is 0 Å². The van der Waals surface area contributed by atoms with Gasteiger partial charge in [0.25, 0.3) is 0 Å². The lowest BCUT2D eigenvalue weighted by Gasteiger charge is -2.17. The van der Waals surface area contributed by atoms with E-state index in [1.807, 2.05) is 12.1 Å². The smallest absolute Gasteiger partial charge is 0.137 e. The first-order valence-corrected chi connectivity index (χ1v) is 20.0. The maximum absolute atomic E-state index is 5.08. The molecular weight excluding hydrogens is 701 g/mol. The molecule has 2 aromatic heterocycles. The summed E-state index contributed by atoms with van der Waals surface area (Å²) < 4.78 is 2.10. The normalized spacial score (nSPS) is 11.9. The van der Waals surface area contributed by atoms with E-state index in [-0.39, 0.29) is 0 Å². The van der Waals surface area contributed by atoms with Gasteiger partial charge in [-0.3, -0.25) is 0 Å². The highest BCUT2D eigenvalue weighted by atomic mass is 15.0. The summed E-state index contributed by atoms with van der Waals surface area (Å²) in [6, 6.07) is 69.1. The molecule has 0 radical (unpaired) electrons. The van der Waals surface area contributed by atoms with Crippen LogP contribution >= 0.6 is 0 Å². The summed E-state index contributed by atoms with van der Waals surface area (Å²) in [4.78, 5) is 5.08. The standard InChI is InChI=1S/C56H36N2/c1-35-11-8-12-37-26-27-39-14-10-20-47(55(39)52(35)37)46-19-9-13-38-28-29-42-33-41(30-31-43(42)53(38)46)36-22-24-40(25-23-36)54-44-15-2-4-17-48(44)56(49-18-5-3-16-45(49)54)50-34-58-32-7-6-21-51(58)57-50/h2-34H,1H3. The summed E-state index contributed by atoms with van der Waals surface area (Å²) in [5, 5.41) is 15.1. The van der Waals surface area contributed by atoms with Crippen LogP contribution in [0.4, 0.5) is 0 Å². The highest BCUT2D eigenvalue weighted by molar-refractivity contribution is 6.23. The van der Waals surface area contributed by atoms with Crippen molar-refractivity contribution < 1.29 is 0 Å². The zero-order valence-electron chi connectivity index (χ0n) is 31.9. The molecule has 0 spiro atoms. The van der Waals surface area contributed by atoms with Gasteiger partial charge in [0.1, 0.15) is 5.65 Å². The maximum Gasteiger partial charge on any atom is 0.137 e. The SMILES string of the molecule is Cc1cccc2ccc3cccc(-c4cccc5ccc6cc(-c7ccc(-c8c9ccccc9c(-c9cn%10ccccc%10n9)c9ccccc89)cc7)ccc6c45)c3c12. The fraction of sp³-hybridized carbons (Fsp3) is 0.0179. The number of nitrogens with zero attached hydrogens (tertiary/aromatic N) is 2. The molecule has 2 heteroatoms. The van der Waals surface area contributed by atoms with Gasteiger partial charge < -0.3 is 4.40 Å². The van der Waals surface area contributed by atoms with Crippen molar-refractivity contribution in [3.8, 4) is 44.6 Å². The molecule has 0 fully saturated rings. The lowest BCUT2D eigenvalue weighted by molar-refractivity contribution is 1.19. The molecule has 0 atom stereocenters. The van der Waals surface area contributed by atoms with Crippen molar-refractivity contribution in [3.05, 3.63) is 206 Å². The van der Waals surface area contributed by atoms with Gasteiger partial charge in [-0.15, -0.1) is 0 Å². The number of fused-ring (bicyclic) bond motifs is 9. The molecule has 270 valence electrons. The van der Waals surface area contributed by atoms with Crippen molar-refractivity contribution in [1.29, 1.82) is 0 Å². The van der Waals surface area contributed by atoms with Gasteiger partial charge in [0.05, 0.1) is 5.69 Å². The minimum absolute atomic E-state index is 0.946. The Kier molecular flexibility index (Phi) is 7.18. The van der Waals surface area contributed by atoms with Crippen LogP contribution in [0.25, 0.3) is 115 Å². The van der Waals surface area contributed by atoms with Gasteiger partial charge in [0.15, 0.2) is 0 Å². The number of imidazole rings is 1. The number of hydrogen-bond donors (Lipinski definition) is 0. The second-order valence-corrected chi connectivity index (χ2v) is 15.6. The quantitative estimate of drug-likeness (QED) is 0.130. The first kappa shape index (κ1) is 32.7. The topological polar surface area (TPSA) is 17.3 Å². The van der Waals surface area contributed by atoms with E-state index in [1.54, 1.807) is 0 Å². The third-order valence-corrected chi connectivity index (χ3v) is 12.3. The minimum Gasteiger partial charge on any atom is -0.306 e. The molecule has 58 heavy (non-hydrogen) atoms. The van der Waals surface area contributed by atoms with Crippen LogP contribution in [0.2, 0.25) is 0 Å². The Bertz CT molecular complexity index is 3540. The molecule has 12 aromatic rings. The highest BCUT2D eigenvalue weighted by Crippen LogP contribution is 2.45. The Labute approximate surface area is 335 Å². The van der Waals surface area contributed by atoms with Crippen LogP contribution in [0.3, 0.4) is 0 Å². The molecule has 0 saturated heterocycles. The van der Waals surface area contributed by atoms with E-state index in [2.05, 4.69) is 200 Å². The lowest BCUT2D eigenvalue weighted by Crippen LogP contribution is -1.91. The van der Waals surface area contributed by atoms with Crippen LogP contribution in [-0.4, -0.2) is 9.38 Å². The predicted molar refractivity (Wildman–Crippen MR) is 247 cm³/mol. The van der Waals surface area contributed by atoms with Gasteiger partial charge in [-0.05, 0) is 129 Å². The van der Waals surface area contributed by atoms with Crippen molar-refractivity contribution in [2.75, 3.05) is 0 Å². The zero-order valence-corrected chi connectivity index (χ0v) is 31.9. The number of rotatable bonds is 4. The van der Waals surface area contributed by atoms with Crippen molar-refractivity contribution in [3.63, 3.8) is 0 Å². The fourth-order valence-corrected chi connectivity index (χ4v) is 9.68. The molecule has 0 bridgehead atoms. The average molecular weight is 737 g/mol. The summed E-state index contributed by atoms with van der Waals surface area (Å²) in [5.41, 5.74) is 11.8. The van der Waals surface area contributed by atoms with E-state index in [4.69, 9.17) is 4.98 Å². The molecule has 0 amide bonds. The molecule has 12 rings (SSSR count). The monoisotopic (exact) mass is 736 g/mol.